The van der Waals surface area contributed by atoms with Crippen LogP contribution in [0.1, 0.15) is 59.8 Å². The average Bonchev–Trinajstić information content (AvgIpc) is 2.54. The largest absolute Gasteiger partial charge is 0.301 e. The van der Waals surface area contributed by atoms with Crippen LogP contribution < -0.4 is 5.32 Å². The molecule has 0 bridgehead atoms. The molecule has 17 heavy (non-hydrogen) atoms. The lowest BCUT2D eigenvalue weighted by atomic mass is 9.89. The van der Waals surface area contributed by atoms with E-state index in [4.69, 9.17) is 0 Å². The number of thioether (sulfide) groups is 1. The Hall–Kier alpha value is 0.0500. The molecule has 0 aromatic rings. The molecule has 2 rings (SSSR count). The highest BCUT2D eigenvalue weighted by molar-refractivity contribution is 8.02. The molecule has 1 aliphatic carbocycles. The molecule has 1 aliphatic heterocycles. The Kier molecular flexibility index (Phi) is 3.94. The molecule has 1 saturated heterocycles. The molecule has 2 fully saturated rings. The first-order chi connectivity index (χ1) is 7.91. The first kappa shape index (κ1) is 13.5. The quantitative estimate of drug-likeness (QED) is 0.735. The van der Waals surface area contributed by atoms with E-state index in [2.05, 4.69) is 50.8 Å². The first-order valence-corrected chi connectivity index (χ1v) is 7.86. The van der Waals surface area contributed by atoms with Crippen molar-refractivity contribution in [3.8, 4) is 0 Å². The van der Waals surface area contributed by atoms with E-state index < -0.39 is 0 Å². The van der Waals surface area contributed by atoms with Crippen molar-refractivity contribution in [3.05, 3.63) is 11.6 Å². The van der Waals surface area contributed by atoms with Crippen molar-refractivity contribution < 1.29 is 0 Å². The topological polar surface area (TPSA) is 12.0 Å². The lowest BCUT2D eigenvalue weighted by Gasteiger charge is -2.35. The van der Waals surface area contributed by atoms with Crippen molar-refractivity contribution in [2.75, 3.05) is 6.54 Å². The van der Waals surface area contributed by atoms with Gasteiger partial charge in [-0.1, -0.05) is 25.5 Å². The Balaban J connectivity index is 1.88. The van der Waals surface area contributed by atoms with Gasteiger partial charge in [-0.3, -0.25) is 0 Å². The third kappa shape index (κ3) is 3.51. The van der Waals surface area contributed by atoms with Gasteiger partial charge in [-0.2, -0.15) is 0 Å². The second-order valence-electron chi connectivity index (χ2n) is 6.70. The van der Waals surface area contributed by atoms with Gasteiger partial charge in [-0.05, 0) is 51.9 Å². The summed E-state index contributed by atoms with van der Waals surface area (Å²) < 4.78 is 0.430. The molecule has 2 aliphatic rings. The van der Waals surface area contributed by atoms with Gasteiger partial charge in [0.05, 0.1) is 4.87 Å². The van der Waals surface area contributed by atoms with Gasteiger partial charge < -0.3 is 5.32 Å². The van der Waals surface area contributed by atoms with Crippen LogP contribution in [0.2, 0.25) is 0 Å². The lowest BCUT2D eigenvalue weighted by molar-refractivity contribution is 0.393. The zero-order chi connectivity index (χ0) is 12.5. The van der Waals surface area contributed by atoms with Crippen molar-refractivity contribution in [3.63, 3.8) is 0 Å². The standard InChI is InChI=1S/C15H27NS/c1-12(2)5-6-13-7-9-15(10-8-13)16-11-14(3,4)17-15/h6,12,16H,5,7-11H2,1-4H3. The third-order valence-electron chi connectivity index (χ3n) is 3.89. The summed E-state index contributed by atoms with van der Waals surface area (Å²) >= 11 is 2.18. The highest BCUT2D eigenvalue weighted by Gasteiger charge is 2.44. The Morgan fingerprint density at radius 2 is 1.94 bits per heavy atom. The molecular formula is C15H27NS. The predicted octanol–water partition coefficient (Wildman–Crippen LogP) is 4.34. The summed E-state index contributed by atoms with van der Waals surface area (Å²) in [5, 5.41) is 3.78. The minimum absolute atomic E-state index is 0.401. The SMILES string of the molecule is CC(C)CC=C1CCC2(CC1)NCC(C)(C)S2. The highest BCUT2D eigenvalue weighted by atomic mass is 32.2. The molecule has 2 heteroatoms. The van der Waals surface area contributed by atoms with Gasteiger partial charge in [0.2, 0.25) is 0 Å². The normalized spacial score (nSPS) is 32.4. The molecule has 0 aromatic carbocycles. The van der Waals surface area contributed by atoms with Gasteiger partial charge in [0.1, 0.15) is 0 Å². The van der Waals surface area contributed by atoms with Crippen LogP contribution in [-0.2, 0) is 0 Å². The van der Waals surface area contributed by atoms with E-state index in [1.165, 1.54) is 38.6 Å². The van der Waals surface area contributed by atoms with Crippen LogP contribution >= 0.6 is 11.8 Å². The second kappa shape index (κ2) is 4.97. The fourth-order valence-corrected chi connectivity index (χ4v) is 4.59. The maximum Gasteiger partial charge on any atom is 0.0657 e. The molecule has 1 saturated carbocycles. The van der Waals surface area contributed by atoms with Crippen LogP contribution in [0.15, 0.2) is 11.6 Å². The van der Waals surface area contributed by atoms with Crippen LogP contribution in [0, 0.1) is 5.92 Å². The summed E-state index contributed by atoms with van der Waals surface area (Å²) in [6.45, 7) is 10.5. The second-order valence-corrected chi connectivity index (χ2v) is 8.79. The summed E-state index contributed by atoms with van der Waals surface area (Å²) in [6, 6.07) is 0. The molecule has 1 heterocycles. The monoisotopic (exact) mass is 253 g/mol. The van der Waals surface area contributed by atoms with Crippen LogP contribution in [0.25, 0.3) is 0 Å². The van der Waals surface area contributed by atoms with E-state index in [-0.39, 0.29) is 0 Å². The van der Waals surface area contributed by atoms with E-state index in [0.29, 0.717) is 9.62 Å². The van der Waals surface area contributed by atoms with E-state index in [1.54, 1.807) is 5.57 Å². The van der Waals surface area contributed by atoms with Crippen molar-refractivity contribution in [2.45, 2.75) is 69.4 Å². The molecule has 1 N–H and O–H groups in total. The molecule has 0 unspecified atom stereocenters. The molecule has 0 radical (unpaired) electrons. The first-order valence-electron chi connectivity index (χ1n) is 7.04. The van der Waals surface area contributed by atoms with Gasteiger partial charge in [0.15, 0.2) is 0 Å². The molecule has 0 amide bonds. The fraction of sp³-hybridized carbons (Fsp3) is 0.867. The zero-order valence-electron chi connectivity index (χ0n) is 11.8. The number of hydrogen-bond donors (Lipinski definition) is 1. The molecule has 0 atom stereocenters. The zero-order valence-corrected chi connectivity index (χ0v) is 12.6. The molecule has 0 aromatic heterocycles. The summed E-state index contributed by atoms with van der Waals surface area (Å²) in [6.07, 6.45) is 9.03. The number of allylic oxidation sites excluding steroid dienone is 2. The van der Waals surface area contributed by atoms with E-state index >= 15 is 0 Å². The highest BCUT2D eigenvalue weighted by Crippen LogP contribution is 2.49. The summed E-state index contributed by atoms with van der Waals surface area (Å²) in [4.78, 5) is 0.401. The van der Waals surface area contributed by atoms with Crippen LogP contribution in [-0.4, -0.2) is 16.2 Å². The smallest absolute Gasteiger partial charge is 0.0657 e. The molecule has 98 valence electrons. The Bertz CT molecular complexity index is 294. The van der Waals surface area contributed by atoms with Gasteiger partial charge in [-0.25, -0.2) is 0 Å². The fourth-order valence-electron chi connectivity index (χ4n) is 2.84. The van der Waals surface area contributed by atoms with Crippen molar-refractivity contribution in [1.29, 1.82) is 0 Å². The minimum Gasteiger partial charge on any atom is -0.301 e. The maximum atomic E-state index is 3.78. The summed E-state index contributed by atoms with van der Waals surface area (Å²) in [7, 11) is 0. The van der Waals surface area contributed by atoms with Crippen LogP contribution in [0.5, 0.6) is 0 Å². The number of hydrogen-bond acceptors (Lipinski definition) is 2. The van der Waals surface area contributed by atoms with Gasteiger partial charge in [0, 0.05) is 11.3 Å². The van der Waals surface area contributed by atoms with Gasteiger partial charge in [0.25, 0.3) is 0 Å². The van der Waals surface area contributed by atoms with E-state index in [9.17, 15) is 0 Å². The Morgan fingerprint density at radius 1 is 1.29 bits per heavy atom. The van der Waals surface area contributed by atoms with Crippen molar-refractivity contribution in [1.82, 2.24) is 5.32 Å². The van der Waals surface area contributed by atoms with Crippen LogP contribution in [0.3, 0.4) is 0 Å². The number of nitrogens with one attached hydrogen (secondary N) is 1. The van der Waals surface area contributed by atoms with Gasteiger partial charge in [-0.15, -0.1) is 11.8 Å². The molecule has 1 nitrogen and oxygen atoms in total. The summed E-state index contributed by atoms with van der Waals surface area (Å²) in [5.41, 5.74) is 1.71. The van der Waals surface area contributed by atoms with Gasteiger partial charge >= 0.3 is 0 Å². The van der Waals surface area contributed by atoms with Crippen LogP contribution in [0.4, 0.5) is 0 Å². The Labute approximate surface area is 111 Å². The predicted molar refractivity (Wildman–Crippen MR) is 78.4 cm³/mol. The minimum atomic E-state index is 0.401. The van der Waals surface area contributed by atoms with Crippen molar-refractivity contribution >= 4 is 11.8 Å². The average molecular weight is 253 g/mol. The Morgan fingerprint density at radius 3 is 2.41 bits per heavy atom. The van der Waals surface area contributed by atoms with E-state index in [1.807, 2.05) is 0 Å². The third-order valence-corrected chi connectivity index (χ3v) is 5.53. The summed E-state index contributed by atoms with van der Waals surface area (Å²) in [5.74, 6) is 0.802. The number of rotatable bonds is 2. The molecular weight excluding hydrogens is 226 g/mol. The van der Waals surface area contributed by atoms with E-state index in [0.717, 1.165) is 5.92 Å². The molecule has 1 spiro atoms. The van der Waals surface area contributed by atoms with Crippen molar-refractivity contribution in [2.24, 2.45) is 5.92 Å². The maximum absolute atomic E-state index is 3.78. The lowest BCUT2D eigenvalue weighted by Crippen LogP contribution is -2.39.